The van der Waals surface area contributed by atoms with Crippen LogP contribution < -0.4 is 4.74 Å². The fourth-order valence-electron chi connectivity index (χ4n) is 2.84. The van der Waals surface area contributed by atoms with Gasteiger partial charge in [-0.3, -0.25) is 9.69 Å². The summed E-state index contributed by atoms with van der Waals surface area (Å²) in [5.41, 5.74) is 0.757. The van der Waals surface area contributed by atoms with Crippen molar-refractivity contribution in [2.24, 2.45) is 0 Å². The molecule has 0 aromatic heterocycles. The number of benzene rings is 2. The van der Waals surface area contributed by atoms with E-state index in [1.807, 2.05) is 48.5 Å². The highest BCUT2D eigenvalue weighted by molar-refractivity contribution is 5.96. The molecule has 0 N–H and O–H groups in total. The molecule has 0 atom stereocenters. The number of para-hydroxylation sites is 1. The van der Waals surface area contributed by atoms with E-state index in [0.717, 1.165) is 25.2 Å². The Hall–Kier alpha value is -2.66. The van der Waals surface area contributed by atoms with Crippen LogP contribution in [0.15, 0.2) is 60.7 Å². The molecule has 0 aliphatic carbocycles. The lowest BCUT2D eigenvalue weighted by atomic mass is 10.1. The maximum atomic E-state index is 12.2. The quantitative estimate of drug-likeness (QED) is 0.786. The summed E-state index contributed by atoms with van der Waals surface area (Å²) in [6, 6.07) is 18.5. The van der Waals surface area contributed by atoms with Crippen LogP contribution in [0.4, 0.5) is 4.79 Å². The van der Waals surface area contributed by atoms with Gasteiger partial charge >= 0.3 is 6.09 Å². The van der Waals surface area contributed by atoms with Gasteiger partial charge in [0, 0.05) is 44.7 Å². The summed E-state index contributed by atoms with van der Waals surface area (Å²) in [6.07, 6.45) is 0.185. The minimum absolute atomic E-state index is 0.159. The highest BCUT2D eigenvalue weighted by Crippen LogP contribution is 2.12. The van der Waals surface area contributed by atoms with Crippen molar-refractivity contribution in [1.29, 1.82) is 0 Å². The maximum Gasteiger partial charge on any atom is 0.415 e. The van der Waals surface area contributed by atoms with Gasteiger partial charge in [-0.25, -0.2) is 4.79 Å². The number of carbonyl (C=O) groups is 2. The zero-order valence-corrected chi connectivity index (χ0v) is 14.1. The molecule has 2 aromatic rings. The Morgan fingerprint density at radius 2 is 1.44 bits per heavy atom. The second-order valence-electron chi connectivity index (χ2n) is 6.05. The number of hydrogen-bond acceptors (Lipinski definition) is 4. The van der Waals surface area contributed by atoms with Gasteiger partial charge in [0.2, 0.25) is 0 Å². The van der Waals surface area contributed by atoms with E-state index >= 15 is 0 Å². The Balaban J connectivity index is 1.41. The largest absolute Gasteiger partial charge is 0.415 e. The van der Waals surface area contributed by atoms with Crippen LogP contribution in [0.5, 0.6) is 5.75 Å². The highest BCUT2D eigenvalue weighted by atomic mass is 16.6. The predicted octanol–water partition coefficient (Wildman–Crippen LogP) is 3.08. The first kappa shape index (κ1) is 17.2. The standard InChI is InChI=1S/C20H22N2O3/c23-19(17-7-3-1-4-8-17)11-12-21-13-15-22(16-14-21)20(24)25-18-9-5-2-6-10-18/h1-10H,11-16H2. The van der Waals surface area contributed by atoms with Gasteiger partial charge in [-0.2, -0.15) is 0 Å². The molecule has 0 unspecified atom stereocenters. The van der Waals surface area contributed by atoms with Crippen LogP contribution in [-0.2, 0) is 0 Å². The Bertz CT molecular complexity index is 695. The number of ether oxygens (including phenoxy) is 1. The molecule has 1 fully saturated rings. The molecule has 0 bridgehead atoms. The van der Waals surface area contributed by atoms with Crippen molar-refractivity contribution in [2.75, 3.05) is 32.7 Å². The maximum absolute atomic E-state index is 12.2. The van der Waals surface area contributed by atoms with Crippen LogP contribution in [0.2, 0.25) is 0 Å². The molecule has 0 saturated carbocycles. The molecule has 0 spiro atoms. The van der Waals surface area contributed by atoms with Gasteiger partial charge in [-0.15, -0.1) is 0 Å². The highest BCUT2D eigenvalue weighted by Gasteiger charge is 2.22. The topological polar surface area (TPSA) is 49.9 Å². The molecule has 25 heavy (non-hydrogen) atoms. The second kappa shape index (κ2) is 8.44. The minimum Gasteiger partial charge on any atom is -0.410 e. The summed E-state index contributed by atoms with van der Waals surface area (Å²) in [7, 11) is 0. The first-order chi connectivity index (χ1) is 12.2. The Kier molecular flexibility index (Phi) is 5.80. The molecule has 5 heteroatoms. The lowest BCUT2D eigenvalue weighted by Gasteiger charge is -2.33. The number of hydrogen-bond donors (Lipinski definition) is 0. The summed E-state index contributed by atoms with van der Waals surface area (Å²) < 4.78 is 5.36. The summed E-state index contributed by atoms with van der Waals surface area (Å²) in [5, 5.41) is 0. The van der Waals surface area contributed by atoms with Crippen LogP contribution in [0.3, 0.4) is 0 Å². The minimum atomic E-state index is -0.314. The average molecular weight is 338 g/mol. The third kappa shape index (κ3) is 4.90. The molecule has 0 radical (unpaired) electrons. The normalized spacial score (nSPS) is 15.0. The van der Waals surface area contributed by atoms with Crippen LogP contribution >= 0.6 is 0 Å². The number of rotatable bonds is 5. The fraction of sp³-hybridized carbons (Fsp3) is 0.300. The SMILES string of the molecule is O=C(CCN1CCN(C(=O)Oc2ccccc2)CC1)c1ccccc1. The monoisotopic (exact) mass is 338 g/mol. The van der Waals surface area contributed by atoms with Crippen LogP contribution in [0.1, 0.15) is 16.8 Å². The molecule has 130 valence electrons. The number of nitrogens with zero attached hydrogens (tertiary/aromatic N) is 2. The van der Waals surface area contributed by atoms with E-state index in [0.29, 0.717) is 25.3 Å². The molecule has 1 aliphatic rings. The molecule has 2 aromatic carbocycles. The first-order valence-corrected chi connectivity index (χ1v) is 8.55. The van der Waals surface area contributed by atoms with E-state index in [1.54, 1.807) is 17.0 Å². The van der Waals surface area contributed by atoms with E-state index in [-0.39, 0.29) is 11.9 Å². The Morgan fingerprint density at radius 3 is 2.08 bits per heavy atom. The van der Waals surface area contributed by atoms with Crippen LogP contribution in [0, 0.1) is 0 Å². The molecule has 3 rings (SSSR count). The Labute approximate surface area is 147 Å². The van der Waals surface area contributed by atoms with Crippen molar-refractivity contribution in [3.63, 3.8) is 0 Å². The second-order valence-corrected chi connectivity index (χ2v) is 6.05. The average Bonchev–Trinajstić information content (AvgIpc) is 2.68. The number of Topliss-reactive ketones (excluding diaryl/α,β-unsaturated/α-hetero) is 1. The summed E-state index contributed by atoms with van der Waals surface area (Å²) >= 11 is 0. The van der Waals surface area contributed by atoms with E-state index in [9.17, 15) is 9.59 Å². The van der Waals surface area contributed by atoms with E-state index in [1.165, 1.54) is 0 Å². The van der Waals surface area contributed by atoms with Crippen LogP contribution in [0.25, 0.3) is 0 Å². The van der Waals surface area contributed by atoms with Gasteiger partial charge < -0.3 is 9.64 Å². The van der Waals surface area contributed by atoms with E-state index in [2.05, 4.69) is 4.90 Å². The fourth-order valence-corrected chi connectivity index (χ4v) is 2.84. The lowest BCUT2D eigenvalue weighted by Crippen LogP contribution is -2.49. The van der Waals surface area contributed by atoms with Crippen molar-refractivity contribution >= 4 is 11.9 Å². The molecular weight excluding hydrogens is 316 g/mol. The Morgan fingerprint density at radius 1 is 0.840 bits per heavy atom. The number of amides is 1. The third-order valence-corrected chi connectivity index (χ3v) is 4.33. The third-order valence-electron chi connectivity index (χ3n) is 4.33. The zero-order valence-electron chi connectivity index (χ0n) is 14.1. The van der Waals surface area contributed by atoms with Crippen molar-refractivity contribution < 1.29 is 14.3 Å². The molecule has 1 heterocycles. The predicted molar refractivity (Wildman–Crippen MR) is 95.9 cm³/mol. The van der Waals surface area contributed by atoms with Crippen molar-refractivity contribution in [3.8, 4) is 5.75 Å². The van der Waals surface area contributed by atoms with Gasteiger partial charge in [0.1, 0.15) is 5.75 Å². The van der Waals surface area contributed by atoms with Gasteiger partial charge in [-0.1, -0.05) is 48.5 Å². The molecule has 1 saturated heterocycles. The van der Waals surface area contributed by atoms with Crippen LogP contribution in [-0.4, -0.2) is 54.4 Å². The van der Waals surface area contributed by atoms with E-state index in [4.69, 9.17) is 4.74 Å². The number of piperazine rings is 1. The van der Waals surface area contributed by atoms with Crippen molar-refractivity contribution in [2.45, 2.75) is 6.42 Å². The van der Waals surface area contributed by atoms with Crippen molar-refractivity contribution in [1.82, 2.24) is 9.80 Å². The molecule has 5 nitrogen and oxygen atoms in total. The molecular formula is C20H22N2O3. The number of carbonyl (C=O) groups excluding carboxylic acids is 2. The van der Waals surface area contributed by atoms with Crippen molar-refractivity contribution in [3.05, 3.63) is 66.2 Å². The summed E-state index contributed by atoms with van der Waals surface area (Å²) in [6.45, 7) is 3.46. The lowest BCUT2D eigenvalue weighted by molar-refractivity contribution is 0.0911. The first-order valence-electron chi connectivity index (χ1n) is 8.55. The van der Waals surface area contributed by atoms with Gasteiger partial charge in [0.25, 0.3) is 0 Å². The number of ketones is 1. The zero-order chi connectivity index (χ0) is 17.5. The van der Waals surface area contributed by atoms with Gasteiger partial charge in [0.05, 0.1) is 0 Å². The molecule has 1 amide bonds. The molecule has 1 aliphatic heterocycles. The summed E-state index contributed by atoms with van der Waals surface area (Å²) in [5.74, 6) is 0.718. The smallest absolute Gasteiger partial charge is 0.410 e. The van der Waals surface area contributed by atoms with Gasteiger partial charge in [-0.05, 0) is 12.1 Å². The van der Waals surface area contributed by atoms with Gasteiger partial charge in [0.15, 0.2) is 5.78 Å². The van der Waals surface area contributed by atoms with E-state index < -0.39 is 0 Å². The summed E-state index contributed by atoms with van der Waals surface area (Å²) in [4.78, 5) is 28.2.